The Morgan fingerprint density at radius 3 is 2.81 bits per heavy atom. The molecule has 0 spiro atoms. The number of thiazole rings is 1. The molecule has 0 saturated carbocycles. The van der Waals surface area contributed by atoms with Crippen LogP contribution in [0.4, 0.5) is 0 Å². The molecule has 2 aromatic rings. The smallest absolute Gasteiger partial charge is 0.124 e. The minimum atomic E-state index is 0.554. The summed E-state index contributed by atoms with van der Waals surface area (Å²) in [5.74, 6) is 1.61. The summed E-state index contributed by atoms with van der Waals surface area (Å²) in [6, 6.07) is 7.58. The number of aromatic nitrogens is 1. The van der Waals surface area contributed by atoms with Gasteiger partial charge >= 0.3 is 0 Å². The molecule has 84 valence electrons. The third kappa shape index (κ3) is 2.73. The molecule has 1 heterocycles. The highest BCUT2D eigenvalue weighted by Gasteiger charge is 2.00. The number of aryl methyl sites for hydroxylation is 1. The zero-order valence-corrected chi connectivity index (χ0v) is 10.1. The summed E-state index contributed by atoms with van der Waals surface area (Å²) in [6.07, 6.45) is 1.85. The monoisotopic (exact) mass is 235 g/mol. The Balaban J connectivity index is 1.99. The maximum absolute atomic E-state index is 5.64. The van der Waals surface area contributed by atoms with E-state index in [1.54, 1.807) is 18.4 Å². The van der Waals surface area contributed by atoms with Crippen LogP contribution < -0.4 is 9.47 Å². The highest BCUT2D eigenvalue weighted by atomic mass is 32.1. The van der Waals surface area contributed by atoms with Gasteiger partial charge in [-0.15, -0.1) is 11.3 Å². The van der Waals surface area contributed by atoms with Crippen molar-refractivity contribution in [2.24, 2.45) is 0 Å². The standard InChI is InChI=1S/C12H13NO2S/c1-9-13-7-12(16-9)8-15-11-5-3-4-10(6-11)14-2/h3-7H,8H2,1-2H3. The Labute approximate surface area is 98.7 Å². The van der Waals surface area contributed by atoms with Crippen LogP contribution in [0.3, 0.4) is 0 Å². The molecule has 0 atom stereocenters. The molecule has 0 fully saturated rings. The summed E-state index contributed by atoms with van der Waals surface area (Å²) < 4.78 is 10.8. The van der Waals surface area contributed by atoms with E-state index >= 15 is 0 Å². The molecule has 2 rings (SSSR count). The summed E-state index contributed by atoms with van der Waals surface area (Å²) >= 11 is 1.65. The molecule has 0 aliphatic carbocycles. The van der Waals surface area contributed by atoms with E-state index in [-0.39, 0.29) is 0 Å². The first-order chi connectivity index (χ1) is 7.78. The minimum absolute atomic E-state index is 0.554. The SMILES string of the molecule is COc1cccc(OCc2cnc(C)s2)c1. The Morgan fingerprint density at radius 1 is 1.31 bits per heavy atom. The summed E-state index contributed by atoms with van der Waals surface area (Å²) in [7, 11) is 1.64. The van der Waals surface area contributed by atoms with Crippen LogP contribution in [-0.2, 0) is 6.61 Å². The van der Waals surface area contributed by atoms with Crippen LogP contribution in [0.1, 0.15) is 9.88 Å². The van der Waals surface area contributed by atoms with Gasteiger partial charge in [-0.1, -0.05) is 6.07 Å². The normalized spacial score (nSPS) is 10.1. The van der Waals surface area contributed by atoms with E-state index in [0.717, 1.165) is 21.4 Å². The average molecular weight is 235 g/mol. The molecule has 4 heteroatoms. The molecule has 16 heavy (non-hydrogen) atoms. The van der Waals surface area contributed by atoms with Crippen LogP contribution in [0.5, 0.6) is 11.5 Å². The molecular formula is C12H13NO2S. The molecule has 0 aliphatic rings. The number of nitrogens with zero attached hydrogens (tertiary/aromatic N) is 1. The number of ether oxygens (including phenoxy) is 2. The topological polar surface area (TPSA) is 31.4 Å². The quantitative estimate of drug-likeness (QED) is 0.816. The fourth-order valence-corrected chi connectivity index (χ4v) is 2.03. The summed E-state index contributed by atoms with van der Waals surface area (Å²) in [4.78, 5) is 5.30. The second kappa shape index (κ2) is 4.99. The lowest BCUT2D eigenvalue weighted by atomic mass is 10.3. The van der Waals surface area contributed by atoms with E-state index < -0.39 is 0 Å². The Bertz CT molecular complexity index is 468. The van der Waals surface area contributed by atoms with Gasteiger partial charge in [0.15, 0.2) is 0 Å². The van der Waals surface area contributed by atoms with Gasteiger partial charge in [-0.25, -0.2) is 4.98 Å². The summed E-state index contributed by atoms with van der Waals surface area (Å²) in [5, 5.41) is 1.06. The van der Waals surface area contributed by atoms with Crippen molar-refractivity contribution in [1.29, 1.82) is 0 Å². The summed E-state index contributed by atoms with van der Waals surface area (Å²) in [6.45, 7) is 2.54. The van der Waals surface area contributed by atoms with E-state index in [2.05, 4.69) is 4.98 Å². The van der Waals surface area contributed by atoms with Gasteiger partial charge in [0.05, 0.1) is 17.0 Å². The van der Waals surface area contributed by atoms with Crippen molar-refractivity contribution in [1.82, 2.24) is 4.98 Å². The van der Waals surface area contributed by atoms with E-state index in [9.17, 15) is 0 Å². The van der Waals surface area contributed by atoms with Gasteiger partial charge in [0, 0.05) is 12.3 Å². The molecule has 0 N–H and O–H groups in total. The van der Waals surface area contributed by atoms with Gasteiger partial charge < -0.3 is 9.47 Å². The molecule has 0 amide bonds. The number of hydrogen-bond acceptors (Lipinski definition) is 4. The van der Waals surface area contributed by atoms with Crippen molar-refractivity contribution in [2.45, 2.75) is 13.5 Å². The van der Waals surface area contributed by atoms with Crippen LogP contribution in [0.25, 0.3) is 0 Å². The van der Waals surface area contributed by atoms with E-state index in [0.29, 0.717) is 6.61 Å². The Kier molecular flexibility index (Phi) is 3.41. The number of methoxy groups -OCH3 is 1. The minimum Gasteiger partial charge on any atom is -0.497 e. The van der Waals surface area contributed by atoms with Crippen molar-refractivity contribution in [3.63, 3.8) is 0 Å². The molecule has 3 nitrogen and oxygen atoms in total. The lowest BCUT2D eigenvalue weighted by molar-refractivity contribution is 0.307. The van der Waals surface area contributed by atoms with Crippen LogP contribution in [0.2, 0.25) is 0 Å². The van der Waals surface area contributed by atoms with Gasteiger partial charge in [0.1, 0.15) is 18.1 Å². The van der Waals surface area contributed by atoms with Gasteiger partial charge in [0.25, 0.3) is 0 Å². The lowest BCUT2D eigenvalue weighted by Crippen LogP contribution is -1.93. The number of rotatable bonds is 4. The van der Waals surface area contributed by atoms with Crippen LogP contribution >= 0.6 is 11.3 Å². The molecule has 0 saturated heterocycles. The predicted molar refractivity (Wildman–Crippen MR) is 64.2 cm³/mol. The van der Waals surface area contributed by atoms with Crippen LogP contribution in [-0.4, -0.2) is 12.1 Å². The zero-order valence-electron chi connectivity index (χ0n) is 9.27. The molecule has 0 bridgehead atoms. The fraction of sp³-hybridized carbons (Fsp3) is 0.250. The van der Waals surface area contributed by atoms with E-state index in [1.807, 2.05) is 37.4 Å². The lowest BCUT2D eigenvalue weighted by Gasteiger charge is -2.05. The largest absolute Gasteiger partial charge is 0.497 e. The predicted octanol–water partition coefficient (Wildman–Crippen LogP) is 3.04. The highest BCUT2D eigenvalue weighted by molar-refractivity contribution is 7.11. The van der Waals surface area contributed by atoms with Gasteiger partial charge in [-0.3, -0.25) is 0 Å². The van der Waals surface area contributed by atoms with E-state index in [1.165, 1.54) is 0 Å². The average Bonchev–Trinajstić information content (AvgIpc) is 2.73. The zero-order chi connectivity index (χ0) is 11.4. The fourth-order valence-electron chi connectivity index (χ4n) is 1.32. The molecule has 1 aromatic heterocycles. The Morgan fingerprint density at radius 2 is 2.12 bits per heavy atom. The molecule has 1 aromatic carbocycles. The number of hydrogen-bond donors (Lipinski definition) is 0. The third-order valence-corrected chi connectivity index (χ3v) is 2.98. The first kappa shape index (κ1) is 11.0. The van der Waals surface area contributed by atoms with Crippen molar-refractivity contribution >= 4 is 11.3 Å². The first-order valence-corrected chi connectivity index (χ1v) is 5.78. The van der Waals surface area contributed by atoms with Gasteiger partial charge in [-0.05, 0) is 19.1 Å². The van der Waals surface area contributed by atoms with Gasteiger partial charge in [-0.2, -0.15) is 0 Å². The Hall–Kier alpha value is -1.55. The van der Waals surface area contributed by atoms with Crippen LogP contribution in [0.15, 0.2) is 30.5 Å². The van der Waals surface area contributed by atoms with Crippen LogP contribution in [0, 0.1) is 6.92 Å². The number of benzene rings is 1. The van der Waals surface area contributed by atoms with E-state index in [4.69, 9.17) is 9.47 Å². The summed E-state index contributed by atoms with van der Waals surface area (Å²) in [5.41, 5.74) is 0. The van der Waals surface area contributed by atoms with Crippen molar-refractivity contribution < 1.29 is 9.47 Å². The second-order valence-electron chi connectivity index (χ2n) is 3.31. The maximum Gasteiger partial charge on any atom is 0.124 e. The van der Waals surface area contributed by atoms with Crippen molar-refractivity contribution in [3.8, 4) is 11.5 Å². The second-order valence-corrected chi connectivity index (χ2v) is 4.63. The van der Waals surface area contributed by atoms with Crippen molar-refractivity contribution in [2.75, 3.05) is 7.11 Å². The van der Waals surface area contributed by atoms with Gasteiger partial charge in [0.2, 0.25) is 0 Å². The molecule has 0 unspecified atom stereocenters. The first-order valence-electron chi connectivity index (χ1n) is 4.96. The maximum atomic E-state index is 5.64. The molecular weight excluding hydrogens is 222 g/mol. The highest BCUT2D eigenvalue weighted by Crippen LogP contribution is 2.21. The third-order valence-electron chi connectivity index (χ3n) is 2.09. The molecule has 0 aliphatic heterocycles. The molecule has 0 radical (unpaired) electrons. The van der Waals surface area contributed by atoms with Crippen molar-refractivity contribution in [3.05, 3.63) is 40.3 Å².